The molecule has 3 aromatic rings. The normalized spacial score (nSPS) is 11.8. The molecule has 0 fully saturated rings. The number of hydrogen-bond donors (Lipinski definition) is 0. The Balaban J connectivity index is 1.55. The maximum Gasteiger partial charge on any atom is 0.311 e. The smallest absolute Gasteiger partial charge is 0.311 e. The van der Waals surface area contributed by atoms with Crippen molar-refractivity contribution in [2.75, 3.05) is 25.1 Å². The lowest BCUT2D eigenvalue weighted by atomic mass is 9.91. The number of carbonyl (C=O) groups is 1. The number of azo groups is 2. The van der Waals surface area contributed by atoms with Gasteiger partial charge in [0, 0.05) is 12.7 Å². The Morgan fingerprint density at radius 3 is 2.00 bits per heavy atom. The van der Waals surface area contributed by atoms with Crippen LogP contribution >= 0.6 is 0 Å². The van der Waals surface area contributed by atoms with Gasteiger partial charge < -0.3 is 9.64 Å². The molecule has 0 aliphatic rings. The molecule has 0 N–H and O–H groups in total. The van der Waals surface area contributed by atoms with Crippen molar-refractivity contribution in [3.63, 3.8) is 0 Å². The third-order valence-corrected chi connectivity index (χ3v) is 6.16. The standard InChI is InChI=1S/C29H35N5O2/c1-7-29(4,5)28(35)36-19-18-34(6)26-15-12-24(13-16-26)31-33-27-17-14-25(20-22(27)3)32-30-23-10-8-21(2)9-11-23/h8-17,20H,7,18-19H2,1-6H3. The zero-order chi connectivity index (χ0) is 26.1. The number of benzene rings is 3. The molecule has 0 saturated carbocycles. The number of anilines is 1. The van der Waals surface area contributed by atoms with E-state index in [1.54, 1.807) is 0 Å². The molecule has 0 bridgehead atoms. The van der Waals surface area contributed by atoms with Gasteiger partial charge in [-0.2, -0.15) is 20.5 Å². The van der Waals surface area contributed by atoms with Crippen molar-refractivity contribution >= 4 is 34.4 Å². The second kappa shape index (κ2) is 12.2. The molecule has 0 spiro atoms. The molecule has 0 amide bonds. The average Bonchev–Trinajstić information content (AvgIpc) is 2.88. The van der Waals surface area contributed by atoms with Gasteiger partial charge in [-0.05, 0) is 94.3 Å². The van der Waals surface area contributed by atoms with Crippen LogP contribution in [0.3, 0.4) is 0 Å². The molecule has 0 aliphatic heterocycles. The Hall–Kier alpha value is -3.87. The maximum atomic E-state index is 12.1. The Kier molecular flexibility index (Phi) is 9.06. The first-order valence-corrected chi connectivity index (χ1v) is 12.2. The Bertz CT molecular complexity index is 1220. The van der Waals surface area contributed by atoms with Crippen molar-refractivity contribution in [3.8, 4) is 0 Å². The van der Waals surface area contributed by atoms with Crippen LogP contribution in [0.25, 0.3) is 0 Å². The Labute approximate surface area is 213 Å². The van der Waals surface area contributed by atoms with Crippen LogP contribution in [0, 0.1) is 19.3 Å². The van der Waals surface area contributed by atoms with Crippen LogP contribution in [0.15, 0.2) is 87.2 Å². The predicted octanol–water partition coefficient (Wildman–Crippen LogP) is 8.55. The molecular formula is C29H35N5O2. The third-order valence-electron chi connectivity index (χ3n) is 6.16. The van der Waals surface area contributed by atoms with E-state index < -0.39 is 5.41 Å². The summed E-state index contributed by atoms with van der Waals surface area (Å²) < 4.78 is 5.44. The highest BCUT2D eigenvalue weighted by atomic mass is 16.5. The first-order valence-electron chi connectivity index (χ1n) is 12.2. The second-order valence-electron chi connectivity index (χ2n) is 9.52. The van der Waals surface area contributed by atoms with E-state index in [9.17, 15) is 4.79 Å². The first-order chi connectivity index (χ1) is 17.2. The highest BCUT2D eigenvalue weighted by Gasteiger charge is 2.26. The summed E-state index contributed by atoms with van der Waals surface area (Å²) in [5.41, 5.74) is 5.84. The summed E-state index contributed by atoms with van der Waals surface area (Å²) in [6.07, 6.45) is 0.751. The lowest BCUT2D eigenvalue weighted by Gasteiger charge is -2.23. The quantitative estimate of drug-likeness (QED) is 0.213. The summed E-state index contributed by atoms with van der Waals surface area (Å²) in [6.45, 7) is 10.8. The summed E-state index contributed by atoms with van der Waals surface area (Å²) in [4.78, 5) is 14.2. The molecule has 0 heterocycles. The SMILES string of the molecule is CCC(C)(C)C(=O)OCCN(C)c1ccc(N=Nc2ccc(N=Nc3ccc(C)cc3)cc2C)cc1. The van der Waals surface area contributed by atoms with Crippen LogP contribution in [0.5, 0.6) is 0 Å². The van der Waals surface area contributed by atoms with Crippen molar-refractivity contribution in [2.24, 2.45) is 25.9 Å². The predicted molar refractivity (Wildman–Crippen MR) is 145 cm³/mol. The molecule has 188 valence electrons. The molecule has 3 aromatic carbocycles. The first kappa shape index (κ1) is 26.7. The number of aryl methyl sites for hydroxylation is 2. The van der Waals surface area contributed by atoms with Crippen molar-refractivity contribution in [1.29, 1.82) is 0 Å². The summed E-state index contributed by atoms with van der Waals surface area (Å²) in [5, 5.41) is 17.4. The van der Waals surface area contributed by atoms with Gasteiger partial charge in [-0.3, -0.25) is 4.79 Å². The van der Waals surface area contributed by atoms with E-state index in [2.05, 4.69) is 20.5 Å². The molecule has 0 atom stereocenters. The van der Waals surface area contributed by atoms with Crippen LogP contribution in [0.2, 0.25) is 0 Å². The zero-order valence-electron chi connectivity index (χ0n) is 22.0. The van der Waals surface area contributed by atoms with Gasteiger partial charge in [0.2, 0.25) is 0 Å². The second-order valence-corrected chi connectivity index (χ2v) is 9.52. The largest absolute Gasteiger partial charge is 0.463 e. The minimum absolute atomic E-state index is 0.160. The minimum atomic E-state index is -0.449. The van der Waals surface area contributed by atoms with E-state index in [0.717, 1.165) is 40.4 Å². The average molecular weight is 486 g/mol. The molecule has 0 saturated heterocycles. The Morgan fingerprint density at radius 1 is 0.833 bits per heavy atom. The van der Waals surface area contributed by atoms with Crippen LogP contribution in [-0.4, -0.2) is 26.2 Å². The number of esters is 1. The molecule has 0 unspecified atom stereocenters. The van der Waals surface area contributed by atoms with E-state index in [1.807, 2.05) is 113 Å². The zero-order valence-corrected chi connectivity index (χ0v) is 22.0. The third kappa shape index (κ3) is 7.57. The number of hydrogen-bond acceptors (Lipinski definition) is 7. The van der Waals surface area contributed by atoms with Crippen LogP contribution < -0.4 is 4.90 Å². The van der Waals surface area contributed by atoms with Gasteiger partial charge in [0.15, 0.2) is 0 Å². The van der Waals surface area contributed by atoms with Crippen molar-refractivity contribution in [2.45, 2.75) is 41.0 Å². The van der Waals surface area contributed by atoms with Gasteiger partial charge in [-0.1, -0.05) is 24.6 Å². The highest BCUT2D eigenvalue weighted by Crippen LogP contribution is 2.28. The highest BCUT2D eigenvalue weighted by molar-refractivity contribution is 5.75. The van der Waals surface area contributed by atoms with E-state index in [-0.39, 0.29) is 5.97 Å². The Morgan fingerprint density at radius 2 is 1.39 bits per heavy atom. The summed E-state index contributed by atoms with van der Waals surface area (Å²) in [7, 11) is 1.97. The molecule has 0 radical (unpaired) electrons. The molecule has 3 rings (SSSR count). The number of rotatable bonds is 10. The number of carbonyl (C=O) groups excluding carboxylic acids is 1. The summed E-state index contributed by atoms with van der Waals surface area (Å²) >= 11 is 0. The molecule has 0 aliphatic carbocycles. The fraction of sp³-hybridized carbons (Fsp3) is 0.345. The van der Waals surface area contributed by atoms with Crippen LogP contribution in [0.1, 0.15) is 38.3 Å². The van der Waals surface area contributed by atoms with Gasteiger partial charge in [0.1, 0.15) is 6.61 Å². The fourth-order valence-corrected chi connectivity index (χ4v) is 3.17. The molecule has 36 heavy (non-hydrogen) atoms. The topological polar surface area (TPSA) is 79.0 Å². The molecule has 0 aromatic heterocycles. The summed E-state index contributed by atoms with van der Waals surface area (Å²) in [6, 6.07) is 21.4. The van der Waals surface area contributed by atoms with Crippen LogP contribution in [-0.2, 0) is 9.53 Å². The lowest BCUT2D eigenvalue weighted by molar-refractivity contribution is -0.153. The van der Waals surface area contributed by atoms with Crippen molar-refractivity contribution in [1.82, 2.24) is 0 Å². The summed E-state index contributed by atoms with van der Waals surface area (Å²) in [5.74, 6) is -0.160. The van der Waals surface area contributed by atoms with Crippen molar-refractivity contribution in [3.05, 3.63) is 77.9 Å². The number of nitrogens with zero attached hydrogens (tertiary/aromatic N) is 5. The van der Waals surface area contributed by atoms with Gasteiger partial charge in [-0.25, -0.2) is 0 Å². The molecule has 7 heteroatoms. The minimum Gasteiger partial charge on any atom is -0.463 e. The number of ether oxygens (including phenoxy) is 1. The fourth-order valence-electron chi connectivity index (χ4n) is 3.17. The number of likely N-dealkylation sites (N-methyl/N-ethyl adjacent to an activating group) is 1. The van der Waals surface area contributed by atoms with Crippen molar-refractivity contribution < 1.29 is 9.53 Å². The van der Waals surface area contributed by atoms with Gasteiger partial charge in [0.25, 0.3) is 0 Å². The molecule has 7 nitrogen and oxygen atoms in total. The van der Waals surface area contributed by atoms with E-state index in [1.165, 1.54) is 5.56 Å². The van der Waals surface area contributed by atoms with Gasteiger partial charge in [-0.15, -0.1) is 0 Å². The lowest BCUT2D eigenvalue weighted by Crippen LogP contribution is -2.30. The van der Waals surface area contributed by atoms with Gasteiger partial charge in [0.05, 0.1) is 34.7 Å². The van der Waals surface area contributed by atoms with E-state index in [4.69, 9.17) is 4.74 Å². The molecular weight excluding hydrogens is 450 g/mol. The van der Waals surface area contributed by atoms with Crippen LogP contribution in [0.4, 0.5) is 28.4 Å². The van der Waals surface area contributed by atoms with E-state index >= 15 is 0 Å². The monoisotopic (exact) mass is 485 g/mol. The van der Waals surface area contributed by atoms with Gasteiger partial charge >= 0.3 is 5.97 Å². The maximum absolute atomic E-state index is 12.1. The van der Waals surface area contributed by atoms with E-state index in [0.29, 0.717) is 13.2 Å².